The van der Waals surface area contributed by atoms with Gasteiger partial charge in [-0.15, -0.1) is 12.6 Å². The van der Waals surface area contributed by atoms with E-state index < -0.39 is 16.0 Å². The van der Waals surface area contributed by atoms with E-state index in [1.165, 1.54) is 6.07 Å². The maximum atomic E-state index is 12.3. The molecule has 0 amide bonds. The summed E-state index contributed by atoms with van der Waals surface area (Å²) < 4.78 is 35.3. The van der Waals surface area contributed by atoms with Crippen LogP contribution in [0.25, 0.3) is 0 Å². The molecule has 0 atom stereocenters. The van der Waals surface area contributed by atoms with E-state index in [1.54, 1.807) is 30.3 Å². The van der Waals surface area contributed by atoms with Gasteiger partial charge in [-0.05, 0) is 37.1 Å². The van der Waals surface area contributed by atoms with Gasteiger partial charge in [0.15, 0.2) is 5.75 Å². The van der Waals surface area contributed by atoms with Gasteiger partial charge in [0.05, 0.1) is 11.3 Å². The molecule has 2 N–H and O–H groups in total. The number of primary sulfonamides is 1. The lowest BCUT2D eigenvalue weighted by atomic mass is 10.1. The van der Waals surface area contributed by atoms with Crippen molar-refractivity contribution in [2.24, 2.45) is 5.14 Å². The number of ether oxygens (including phenoxy) is 2. The van der Waals surface area contributed by atoms with E-state index in [0.29, 0.717) is 11.4 Å². The molecule has 144 valence electrons. The number of rotatable bonds is 6. The number of para-hydroxylation sites is 1. The number of carbonyl (C=O) groups is 1. The first-order chi connectivity index (χ1) is 12.9. The van der Waals surface area contributed by atoms with Gasteiger partial charge in [-0.3, -0.25) is 0 Å². The van der Waals surface area contributed by atoms with Crippen molar-refractivity contribution < 1.29 is 22.7 Å². The highest BCUT2D eigenvalue weighted by molar-refractivity contribution is 7.89. The minimum absolute atomic E-state index is 0.0791. The summed E-state index contributed by atoms with van der Waals surface area (Å²) in [4.78, 5) is 13.9. The minimum Gasteiger partial charge on any atom is -0.454 e. The predicted molar refractivity (Wildman–Crippen MR) is 105 cm³/mol. The molecule has 1 aliphatic heterocycles. The van der Waals surface area contributed by atoms with Gasteiger partial charge in [0.25, 0.3) is 0 Å². The van der Waals surface area contributed by atoms with Crippen LogP contribution in [0.2, 0.25) is 0 Å². The van der Waals surface area contributed by atoms with Crippen LogP contribution >= 0.6 is 12.6 Å². The van der Waals surface area contributed by atoms with E-state index in [2.05, 4.69) is 12.6 Å². The Morgan fingerprint density at radius 3 is 2.41 bits per heavy atom. The Balaban J connectivity index is 2.19. The van der Waals surface area contributed by atoms with Crippen LogP contribution in [-0.4, -0.2) is 33.4 Å². The molecule has 2 aromatic rings. The SMILES string of the molecule is NS(=O)(=O)c1cc(C(=O)OCS)cc(N2CCCC2)c1Oc1ccccc1. The van der Waals surface area contributed by atoms with Crippen LogP contribution in [-0.2, 0) is 14.8 Å². The molecule has 0 unspecified atom stereocenters. The van der Waals surface area contributed by atoms with Crippen molar-refractivity contribution in [3.05, 3.63) is 48.0 Å². The van der Waals surface area contributed by atoms with Gasteiger partial charge in [-0.2, -0.15) is 0 Å². The highest BCUT2D eigenvalue weighted by atomic mass is 32.2. The van der Waals surface area contributed by atoms with Crippen molar-refractivity contribution in [3.63, 3.8) is 0 Å². The first-order valence-corrected chi connectivity index (χ1v) is 10.5. The molecule has 3 rings (SSSR count). The molecule has 1 fully saturated rings. The van der Waals surface area contributed by atoms with Crippen molar-refractivity contribution in [1.29, 1.82) is 0 Å². The summed E-state index contributed by atoms with van der Waals surface area (Å²) in [6.45, 7) is 1.44. The number of sulfonamides is 1. The number of thiol groups is 1. The van der Waals surface area contributed by atoms with Crippen LogP contribution in [0.15, 0.2) is 47.4 Å². The first kappa shape index (κ1) is 19.5. The largest absolute Gasteiger partial charge is 0.454 e. The van der Waals surface area contributed by atoms with E-state index in [0.717, 1.165) is 25.9 Å². The number of anilines is 1. The van der Waals surface area contributed by atoms with E-state index in [9.17, 15) is 13.2 Å². The maximum Gasteiger partial charge on any atom is 0.339 e. The van der Waals surface area contributed by atoms with Gasteiger partial charge in [0.1, 0.15) is 16.6 Å². The fourth-order valence-corrected chi connectivity index (χ4v) is 3.77. The molecule has 0 radical (unpaired) electrons. The van der Waals surface area contributed by atoms with Gasteiger partial charge in [0, 0.05) is 13.1 Å². The molecule has 1 saturated heterocycles. The fourth-order valence-electron chi connectivity index (χ4n) is 2.96. The van der Waals surface area contributed by atoms with Crippen LogP contribution in [0, 0.1) is 0 Å². The molecule has 9 heteroatoms. The second-order valence-corrected chi connectivity index (χ2v) is 7.83. The Labute approximate surface area is 163 Å². The smallest absolute Gasteiger partial charge is 0.339 e. The molecule has 1 heterocycles. The average Bonchev–Trinajstić information content (AvgIpc) is 3.16. The number of benzene rings is 2. The number of nitrogens with zero attached hydrogens (tertiary/aromatic N) is 1. The predicted octanol–water partition coefficient (Wildman–Crippen LogP) is 2.77. The number of hydrogen-bond acceptors (Lipinski definition) is 7. The average molecular weight is 409 g/mol. The van der Waals surface area contributed by atoms with Gasteiger partial charge >= 0.3 is 5.97 Å². The Hall–Kier alpha value is -2.23. The second-order valence-electron chi connectivity index (χ2n) is 6.04. The molecule has 0 aromatic heterocycles. The topological polar surface area (TPSA) is 98.9 Å². The molecule has 1 aliphatic rings. The standard InChI is InChI=1S/C18H20N2O5S2/c19-27(22,23)16-11-13(18(21)24-12-26)10-15(20-8-4-5-9-20)17(16)25-14-6-2-1-3-7-14/h1-3,6-7,10-11,26H,4-5,8-9,12H2,(H2,19,22,23). The van der Waals surface area contributed by atoms with Crippen LogP contribution in [0.4, 0.5) is 5.69 Å². The second kappa shape index (κ2) is 8.20. The highest BCUT2D eigenvalue weighted by Gasteiger charge is 2.27. The molecule has 7 nitrogen and oxygen atoms in total. The molecule has 27 heavy (non-hydrogen) atoms. The summed E-state index contributed by atoms with van der Waals surface area (Å²) in [6.07, 6.45) is 1.92. The molecular formula is C18H20N2O5S2. The molecule has 0 saturated carbocycles. The lowest BCUT2D eigenvalue weighted by Gasteiger charge is -2.23. The summed E-state index contributed by atoms with van der Waals surface area (Å²) >= 11 is 3.87. The number of hydrogen-bond donors (Lipinski definition) is 2. The third-order valence-corrected chi connectivity index (χ3v) is 5.23. The normalized spacial score (nSPS) is 14.2. The van der Waals surface area contributed by atoms with E-state index in [-0.39, 0.29) is 22.1 Å². The Morgan fingerprint density at radius 2 is 1.81 bits per heavy atom. The lowest BCUT2D eigenvalue weighted by Crippen LogP contribution is -2.22. The van der Waals surface area contributed by atoms with Gasteiger partial charge < -0.3 is 14.4 Å². The molecule has 0 aliphatic carbocycles. The van der Waals surface area contributed by atoms with Gasteiger partial charge in [-0.1, -0.05) is 18.2 Å². The zero-order valence-corrected chi connectivity index (χ0v) is 16.2. The van der Waals surface area contributed by atoms with Crippen LogP contribution < -0.4 is 14.8 Å². The lowest BCUT2D eigenvalue weighted by molar-refractivity contribution is 0.0580. The van der Waals surface area contributed by atoms with Crippen LogP contribution in [0.3, 0.4) is 0 Å². The zero-order chi connectivity index (χ0) is 19.4. The van der Waals surface area contributed by atoms with Gasteiger partial charge in [-0.25, -0.2) is 18.4 Å². The van der Waals surface area contributed by atoms with Crippen molar-refractivity contribution in [2.45, 2.75) is 17.7 Å². The summed E-state index contributed by atoms with van der Waals surface area (Å²) in [5.74, 6) is -0.228. The number of carbonyl (C=O) groups excluding carboxylic acids is 1. The van der Waals surface area contributed by atoms with Crippen LogP contribution in [0.5, 0.6) is 11.5 Å². The van der Waals surface area contributed by atoms with Crippen molar-refractivity contribution >= 4 is 34.3 Å². The Kier molecular flexibility index (Phi) is 5.93. The van der Waals surface area contributed by atoms with E-state index in [4.69, 9.17) is 14.6 Å². The maximum absolute atomic E-state index is 12.3. The highest BCUT2D eigenvalue weighted by Crippen LogP contribution is 2.40. The monoisotopic (exact) mass is 408 g/mol. The quantitative estimate of drug-likeness (QED) is 0.433. The van der Waals surface area contributed by atoms with Crippen molar-refractivity contribution in [3.8, 4) is 11.5 Å². The molecular weight excluding hydrogens is 388 g/mol. The number of esters is 1. The van der Waals surface area contributed by atoms with Gasteiger partial charge in [0.2, 0.25) is 10.0 Å². The van der Waals surface area contributed by atoms with Crippen LogP contribution in [0.1, 0.15) is 23.2 Å². The Morgan fingerprint density at radius 1 is 1.15 bits per heavy atom. The molecule has 2 aromatic carbocycles. The van der Waals surface area contributed by atoms with E-state index in [1.807, 2.05) is 11.0 Å². The number of nitrogens with two attached hydrogens (primary N) is 1. The summed E-state index contributed by atoms with van der Waals surface area (Å²) in [5, 5.41) is 5.43. The summed E-state index contributed by atoms with van der Waals surface area (Å²) in [5.41, 5.74) is 0.573. The third kappa shape index (κ3) is 4.55. The first-order valence-electron chi connectivity index (χ1n) is 8.37. The fraction of sp³-hybridized carbons (Fsp3) is 0.278. The Bertz CT molecular complexity index is 926. The summed E-state index contributed by atoms with van der Waals surface area (Å²) in [6, 6.07) is 11.6. The molecule has 0 bridgehead atoms. The third-order valence-electron chi connectivity index (χ3n) is 4.18. The van der Waals surface area contributed by atoms with Crippen molar-refractivity contribution in [1.82, 2.24) is 0 Å². The molecule has 0 spiro atoms. The van der Waals surface area contributed by atoms with Crippen molar-refractivity contribution in [2.75, 3.05) is 23.9 Å². The summed E-state index contributed by atoms with van der Waals surface area (Å²) in [7, 11) is -4.16. The zero-order valence-electron chi connectivity index (χ0n) is 14.5. The van der Waals surface area contributed by atoms with E-state index >= 15 is 0 Å². The minimum atomic E-state index is -4.16.